The van der Waals surface area contributed by atoms with Crippen molar-refractivity contribution in [3.05, 3.63) is 12.2 Å². The highest BCUT2D eigenvalue weighted by molar-refractivity contribution is 5.05. The molecular weight excluding hydrogens is 148 g/mol. The van der Waals surface area contributed by atoms with E-state index in [-0.39, 0.29) is 5.41 Å². The van der Waals surface area contributed by atoms with Crippen LogP contribution >= 0.6 is 0 Å². The minimum atomic E-state index is -0.0717. The van der Waals surface area contributed by atoms with Gasteiger partial charge in [-0.25, -0.2) is 0 Å². The third-order valence-electron chi connectivity index (χ3n) is 2.54. The van der Waals surface area contributed by atoms with E-state index in [0.717, 1.165) is 32.4 Å². The number of allylic oxidation sites excluding steroid dienone is 2. The molecule has 0 aromatic heterocycles. The highest BCUT2D eigenvalue weighted by Gasteiger charge is 2.30. The van der Waals surface area contributed by atoms with Gasteiger partial charge in [0, 0.05) is 0 Å². The van der Waals surface area contributed by atoms with Crippen molar-refractivity contribution >= 4 is 0 Å². The SMILES string of the molecule is C/C=C/CC1(C#N)CCNCC1. The first-order chi connectivity index (χ1) is 5.83. The minimum absolute atomic E-state index is 0.0717. The summed E-state index contributed by atoms with van der Waals surface area (Å²) in [6, 6.07) is 2.46. The lowest BCUT2D eigenvalue weighted by atomic mass is 9.77. The Morgan fingerprint density at radius 2 is 2.17 bits per heavy atom. The quantitative estimate of drug-likeness (QED) is 0.632. The Balaban J connectivity index is 2.55. The number of nitrogens with one attached hydrogen (secondary N) is 1. The molecule has 0 bridgehead atoms. The van der Waals surface area contributed by atoms with E-state index in [1.807, 2.05) is 13.0 Å². The van der Waals surface area contributed by atoms with E-state index in [0.29, 0.717) is 0 Å². The summed E-state index contributed by atoms with van der Waals surface area (Å²) in [4.78, 5) is 0. The largest absolute Gasteiger partial charge is 0.317 e. The van der Waals surface area contributed by atoms with Crippen molar-refractivity contribution in [2.75, 3.05) is 13.1 Å². The predicted octanol–water partition coefficient (Wildman–Crippen LogP) is 1.85. The third kappa shape index (κ3) is 2.09. The van der Waals surface area contributed by atoms with Crippen LogP contribution in [0.3, 0.4) is 0 Å². The first-order valence-electron chi connectivity index (χ1n) is 4.56. The van der Waals surface area contributed by atoms with Crippen molar-refractivity contribution in [2.24, 2.45) is 5.41 Å². The molecule has 0 atom stereocenters. The van der Waals surface area contributed by atoms with Crippen LogP contribution < -0.4 is 5.32 Å². The Kier molecular flexibility index (Phi) is 3.31. The lowest BCUT2D eigenvalue weighted by Gasteiger charge is -2.29. The van der Waals surface area contributed by atoms with E-state index in [2.05, 4.69) is 17.5 Å². The summed E-state index contributed by atoms with van der Waals surface area (Å²) in [5, 5.41) is 12.3. The highest BCUT2D eigenvalue weighted by Crippen LogP contribution is 2.31. The minimum Gasteiger partial charge on any atom is -0.317 e. The van der Waals surface area contributed by atoms with E-state index in [4.69, 9.17) is 5.26 Å². The Labute approximate surface area is 74.3 Å². The number of nitrogens with zero attached hydrogens (tertiary/aromatic N) is 1. The van der Waals surface area contributed by atoms with E-state index in [9.17, 15) is 0 Å². The van der Waals surface area contributed by atoms with Crippen LogP contribution in [0.5, 0.6) is 0 Å². The smallest absolute Gasteiger partial charge is 0.0694 e. The van der Waals surface area contributed by atoms with Gasteiger partial charge in [-0.15, -0.1) is 0 Å². The van der Waals surface area contributed by atoms with E-state index in [1.165, 1.54) is 0 Å². The molecule has 1 aliphatic rings. The maximum atomic E-state index is 9.06. The van der Waals surface area contributed by atoms with Crippen molar-refractivity contribution in [3.63, 3.8) is 0 Å². The zero-order valence-electron chi connectivity index (χ0n) is 7.64. The number of rotatable bonds is 2. The molecule has 0 aliphatic carbocycles. The van der Waals surface area contributed by atoms with Gasteiger partial charge >= 0.3 is 0 Å². The fraction of sp³-hybridized carbons (Fsp3) is 0.700. The molecule has 2 nitrogen and oxygen atoms in total. The average molecular weight is 164 g/mol. The topological polar surface area (TPSA) is 35.8 Å². The molecule has 0 unspecified atom stereocenters. The van der Waals surface area contributed by atoms with Crippen molar-refractivity contribution in [1.29, 1.82) is 5.26 Å². The normalized spacial score (nSPS) is 22.3. The molecule has 1 heterocycles. The highest BCUT2D eigenvalue weighted by atomic mass is 14.9. The fourth-order valence-corrected chi connectivity index (χ4v) is 1.61. The maximum Gasteiger partial charge on any atom is 0.0694 e. The molecule has 0 amide bonds. The summed E-state index contributed by atoms with van der Waals surface area (Å²) in [7, 11) is 0. The molecule has 0 saturated carbocycles. The van der Waals surface area contributed by atoms with Crippen LogP contribution in [0.2, 0.25) is 0 Å². The van der Waals surface area contributed by atoms with Gasteiger partial charge in [-0.1, -0.05) is 12.2 Å². The Morgan fingerprint density at radius 3 is 2.67 bits per heavy atom. The average Bonchev–Trinajstić information content (AvgIpc) is 2.16. The van der Waals surface area contributed by atoms with Crippen molar-refractivity contribution < 1.29 is 0 Å². The molecule has 0 radical (unpaired) electrons. The van der Waals surface area contributed by atoms with Gasteiger partial charge in [-0.2, -0.15) is 5.26 Å². The standard InChI is InChI=1S/C10H16N2/c1-2-3-4-10(9-11)5-7-12-8-6-10/h2-3,12H,4-8H2,1H3/b3-2+. The van der Waals surface area contributed by atoms with Gasteiger partial charge < -0.3 is 5.32 Å². The van der Waals surface area contributed by atoms with Gasteiger partial charge in [-0.3, -0.25) is 0 Å². The summed E-state index contributed by atoms with van der Waals surface area (Å²) in [5.74, 6) is 0. The number of nitriles is 1. The van der Waals surface area contributed by atoms with Crippen LogP contribution in [0.25, 0.3) is 0 Å². The maximum absolute atomic E-state index is 9.06. The summed E-state index contributed by atoms with van der Waals surface area (Å²) >= 11 is 0. The Morgan fingerprint density at radius 1 is 1.50 bits per heavy atom. The summed E-state index contributed by atoms with van der Waals surface area (Å²) < 4.78 is 0. The Bertz CT molecular complexity index is 194. The molecule has 1 saturated heterocycles. The van der Waals surface area contributed by atoms with Crippen LogP contribution in [0.4, 0.5) is 0 Å². The molecule has 1 rings (SSSR count). The first-order valence-corrected chi connectivity index (χ1v) is 4.56. The van der Waals surface area contributed by atoms with Crippen molar-refractivity contribution in [2.45, 2.75) is 26.2 Å². The molecular formula is C10H16N2. The van der Waals surface area contributed by atoms with Crippen LogP contribution in [0.15, 0.2) is 12.2 Å². The van der Waals surface area contributed by atoms with Gasteiger partial charge in [-0.05, 0) is 39.3 Å². The second kappa shape index (κ2) is 4.27. The molecule has 0 aromatic carbocycles. The molecule has 1 fully saturated rings. The van der Waals surface area contributed by atoms with Crippen molar-refractivity contribution in [3.8, 4) is 6.07 Å². The summed E-state index contributed by atoms with van der Waals surface area (Å²) in [6.45, 7) is 3.99. The van der Waals surface area contributed by atoms with Gasteiger partial charge in [0.15, 0.2) is 0 Å². The van der Waals surface area contributed by atoms with Crippen LogP contribution in [0, 0.1) is 16.7 Å². The van der Waals surface area contributed by atoms with Gasteiger partial charge in [0.05, 0.1) is 11.5 Å². The fourth-order valence-electron chi connectivity index (χ4n) is 1.61. The van der Waals surface area contributed by atoms with Crippen LogP contribution in [-0.2, 0) is 0 Å². The van der Waals surface area contributed by atoms with Gasteiger partial charge in [0.25, 0.3) is 0 Å². The molecule has 2 heteroatoms. The Hall–Kier alpha value is -0.810. The summed E-state index contributed by atoms with van der Waals surface area (Å²) in [6.07, 6.45) is 7.04. The molecule has 0 aromatic rings. The van der Waals surface area contributed by atoms with Crippen LogP contribution in [-0.4, -0.2) is 13.1 Å². The van der Waals surface area contributed by atoms with E-state index < -0.39 is 0 Å². The van der Waals surface area contributed by atoms with Crippen LogP contribution in [0.1, 0.15) is 26.2 Å². The van der Waals surface area contributed by atoms with E-state index >= 15 is 0 Å². The van der Waals surface area contributed by atoms with Crippen molar-refractivity contribution in [1.82, 2.24) is 5.32 Å². The monoisotopic (exact) mass is 164 g/mol. The van der Waals surface area contributed by atoms with E-state index in [1.54, 1.807) is 0 Å². The third-order valence-corrected chi connectivity index (χ3v) is 2.54. The lowest BCUT2D eigenvalue weighted by Crippen LogP contribution is -2.35. The predicted molar refractivity (Wildman–Crippen MR) is 49.6 cm³/mol. The second-order valence-corrected chi connectivity index (χ2v) is 3.42. The zero-order valence-corrected chi connectivity index (χ0v) is 7.64. The number of hydrogen-bond acceptors (Lipinski definition) is 2. The molecule has 1 N–H and O–H groups in total. The summed E-state index contributed by atoms with van der Waals surface area (Å²) in [5.41, 5.74) is -0.0717. The first kappa shape index (κ1) is 9.28. The number of hydrogen-bond donors (Lipinski definition) is 1. The zero-order chi connectivity index (χ0) is 8.86. The molecule has 0 spiro atoms. The van der Waals surface area contributed by atoms with Gasteiger partial charge in [0.1, 0.15) is 0 Å². The number of piperidine rings is 1. The molecule has 12 heavy (non-hydrogen) atoms. The second-order valence-electron chi connectivity index (χ2n) is 3.42. The van der Waals surface area contributed by atoms with Gasteiger partial charge in [0.2, 0.25) is 0 Å². The lowest BCUT2D eigenvalue weighted by molar-refractivity contribution is 0.285. The molecule has 1 aliphatic heterocycles. The molecule has 66 valence electrons.